The second-order valence-corrected chi connectivity index (χ2v) is 6.59. The second-order valence-electron chi connectivity index (χ2n) is 6.59. The second kappa shape index (κ2) is 9.86. The number of halogens is 3. The van der Waals surface area contributed by atoms with Crippen LogP contribution in [0.5, 0.6) is 11.5 Å². The third kappa shape index (κ3) is 6.00. The van der Waals surface area contributed by atoms with E-state index in [1.54, 1.807) is 31.4 Å². The van der Waals surface area contributed by atoms with Crippen LogP contribution in [0.3, 0.4) is 0 Å². The van der Waals surface area contributed by atoms with Gasteiger partial charge in [-0.25, -0.2) is 0 Å². The topological polar surface area (TPSA) is 76.7 Å². The van der Waals surface area contributed by atoms with E-state index in [-0.39, 0.29) is 5.91 Å². The van der Waals surface area contributed by atoms with Gasteiger partial charge in [0.25, 0.3) is 11.8 Å². The van der Waals surface area contributed by atoms with Crippen LogP contribution in [-0.2, 0) is 11.0 Å². The minimum absolute atomic E-state index is 0.347. The Kier molecular flexibility index (Phi) is 6.99. The number of anilines is 2. The molecule has 0 aromatic heterocycles. The first kappa shape index (κ1) is 22.7. The van der Waals surface area contributed by atoms with Gasteiger partial charge >= 0.3 is 6.18 Å². The minimum Gasteiger partial charge on any atom is -0.497 e. The van der Waals surface area contributed by atoms with E-state index in [2.05, 4.69) is 10.6 Å². The lowest BCUT2D eigenvalue weighted by molar-refractivity contribution is -0.139. The number of rotatable bonds is 7. The van der Waals surface area contributed by atoms with Crippen molar-refractivity contribution in [3.63, 3.8) is 0 Å². The zero-order valence-corrected chi connectivity index (χ0v) is 16.9. The molecule has 6 nitrogen and oxygen atoms in total. The van der Waals surface area contributed by atoms with Crippen molar-refractivity contribution in [2.75, 3.05) is 24.4 Å². The molecule has 2 amide bonds. The fourth-order valence-corrected chi connectivity index (χ4v) is 2.75. The Balaban J connectivity index is 1.55. The monoisotopic (exact) mass is 444 g/mol. The van der Waals surface area contributed by atoms with Gasteiger partial charge in [0.2, 0.25) is 0 Å². The lowest BCUT2D eigenvalue weighted by Gasteiger charge is -2.13. The number of carbonyl (C=O) groups excluding carboxylic acids is 2. The molecule has 0 aliphatic carbocycles. The van der Waals surface area contributed by atoms with Crippen LogP contribution in [-0.4, -0.2) is 25.5 Å². The SMILES string of the molecule is COc1ccc(NC(=O)c2ccc(NC(=O)COc3ccccc3C(F)(F)F)cc2)cc1. The van der Waals surface area contributed by atoms with Crippen LogP contribution in [0.2, 0.25) is 0 Å². The Morgan fingerprint density at radius 2 is 1.44 bits per heavy atom. The summed E-state index contributed by atoms with van der Waals surface area (Å²) < 4.78 is 49.0. The van der Waals surface area contributed by atoms with Crippen molar-refractivity contribution >= 4 is 23.2 Å². The van der Waals surface area contributed by atoms with E-state index in [9.17, 15) is 22.8 Å². The Morgan fingerprint density at radius 1 is 0.844 bits per heavy atom. The molecule has 0 unspecified atom stereocenters. The average molecular weight is 444 g/mol. The van der Waals surface area contributed by atoms with Crippen LogP contribution in [0.25, 0.3) is 0 Å². The molecule has 32 heavy (non-hydrogen) atoms. The molecule has 3 rings (SSSR count). The molecule has 0 heterocycles. The first-order valence-electron chi connectivity index (χ1n) is 9.40. The van der Waals surface area contributed by atoms with Gasteiger partial charge in [-0.15, -0.1) is 0 Å². The zero-order chi connectivity index (χ0) is 23.1. The highest BCUT2D eigenvalue weighted by Crippen LogP contribution is 2.35. The average Bonchev–Trinajstić information content (AvgIpc) is 2.78. The number of hydrogen-bond donors (Lipinski definition) is 2. The van der Waals surface area contributed by atoms with E-state index in [4.69, 9.17) is 9.47 Å². The first-order valence-corrected chi connectivity index (χ1v) is 9.40. The summed E-state index contributed by atoms with van der Waals surface area (Å²) in [4.78, 5) is 24.4. The lowest BCUT2D eigenvalue weighted by Crippen LogP contribution is -2.21. The molecular weight excluding hydrogens is 425 g/mol. The van der Waals surface area contributed by atoms with E-state index in [1.165, 1.54) is 36.4 Å². The van der Waals surface area contributed by atoms with Crippen LogP contribution >= 0.6 is 0 Å². The van der Waals surface area contributed by atoms with Gasteiger partial charge in [0, 0.05) is 16.9 Å². The molecule has 0 spiro atoms. The maximum atomic E-state index is 13.0. The Morgan fingerprint density at radius 3 is 2.06 bits per heavy atom. The van der Waals surface area contributed by atoms with Crippen LogP contribution in [0.4, 0.5) is 24.5 Å². The zero-order valence-electron chi connectivity index (χ0n) is 16.9. The molecule has 166 valence electrons. The maximum absolute atomic E-state index is 13.0. The van der Waals surface area contributed by atoms with Crippen LogP contribution in [0, 0.1) is 0 Å². The summed E-state index contributed by atoms with van der Waals surface area (Å²) >= 11 is 0. The van der Waals surface area contributed by atoms with Gasteiger partial charge in [0.15, 0.2) is 6.61 Å². The Bertz CT molecular complexity index is 1080. The number of ether oxygens (including phenoxy) is 2. The molecule has 0 bridgehead atoms. The number of para-hydroxylation sites is 1. The number of carbonyl (C=O) groups is 2. The van der Waals surface area contributed by atoms with Gasteiger partial charge in [-0.05, 0) is 60.7 Å². The normalized spacial score (nSPS) is 10.9. The summed E-state index contributed by atoms with van der Waals surface area (Å²) in [6.45, 7) is -0.604. The molecule has 0 aliphatic heterocycles. The number of nitrogens with one attached hydrogen (secondary N) is 2. The van der Waals surface area contributed by atoms with E-state index >= 15 is 0 Å². The van der Waals surface area contributed by atoms with Crippen molar-refractivity contribution in [3.05, 3.63) is 83.9 Å². The highest BCUT2D eigenvalue weighted by molar-refractivity contribution is 6.04. The highest BCUT2D eigenvalue weighted by atomic mass is 19.4. The predicted molar refractivity (Wildman–Crippen MR) is 113 cm³/mol. The molecule has 0 atom stereocenters. The van der Waals surface area contributed by atoms with Crippen LogP contribution in [0.15, 0.2) is 72.8 Å². The molecule has 0 aliphatic rings. The molecule has 9 heteroatoms. The molecule has 3 aromatic carbocycles. The smallest absolute Gasteiger partial charge is 0.419 e. The molecule has 3 aromatic rings. The summed E-state index contributed by atoms with van der Waals surface area (Å²) in [5, 5.41) is 5.24. The van der Waals surface area contributed by atoms with Gasteiger partial charge in [0.05, 0.1) is 12.7 Å². The number of alkyl halides is 3. The molecule has 0 saturated heterocycles. The highest BCUT2D eigenvalue weighted by Gasteiger charge is 2.34. The predicted octanol–water partition coefficient (Wildman–Crippen LogP) is 4.98. The minimum atomic E-state index is -4.59. The number of methoxy groups -OCH3 is 1. The van der Waals surface area contributed by atoms with E-state index in [1.807, 2.05) is 0 Å². The summed E-state index contributed by atoms with van der Waals surface area (Å²) in [7, 11) is 1.54. The third-order valence-corrected chi connectivity index (χ3v) is 4.33. The van der Waals surface area contributed by atoms with E-state index in [0.717, 1.165) is 12.1 Å². The molecular formula is C23H19F3N2O4. The number of amides is 2. The van der Waals surface area contributed by atoms with Crippen molar-refractivity contribution < 1.29 is 32.2 Å². The van der Waals surface area contributed by atoms with Gasteiger partial charge in [-0.3, -0.25) is 9.59 Å². The first-order chi connectivity index (χ1) is 15.3. The number of benzene rings is 3. The fraction of sp³-hybridized carbons (Fsp3) is 0.130. The van der Waals surface area contributed by atoms with Crippen molar-refractivity contribution in [2.24, 2.45) is 0 Å². The third-order valence-electron chi connectivity index (χ3n) is 4.33. The summed E-state index contributed by atoms with van der Waals surface area (Å²) in [5.41, 5.74) is 0.349. The van der Waals surface area contributed by atoms with Gasteiger partial charge in [0.1, 0.15) is 11.5 Å². The van der Waals surface area contributed by atoms with Crippen LogP contribution < -0.4 is 20.1 Å². The summed E-state index contributed by atoms with van der Waals surface area (Å²) in [6, 6.07) is 17.5. The van der Waals surface area contributed by atoms with Gasteiger partial charge < -0.3 is 20.1 Å². The largest absolute Gasteiger partial charge is 0.497 e. The van der Waals surface area contributed by atoms with Crippen molar-refractivity contribution in [1.82, 2.24) is 0 Å². The lowest BCUT2D eigenvalue weighted by atomic mass is 10.2. The van der Waals surface area contributed by atoms with E-state index < -0.39 is 30.0 Å². The molecule has 0 radical (unpaired) electrons. The van der Waals surface area contributed by atoms with Crippen molar-refractivity contribution in [3.8, 4) is 11.5 Å². The molecule has 0 saturated carbocycles. The van der Waals surface area contributed by atoms with Crippen molar-refractivity contribution in [1.29, 1.82) is 0 Å². The molecule has 2 N–H and O–H groups in total. The number of hydrogen-bond acceptors (Lipinski definition) is 4. The standard InChI is InChI=1S/C23H19F3N2O4/c1-31-18-12-10-17(11-13-18)28-22(30)15-6-8-16(9-7-15)27-21(29)14-32-20-5-3-2-4-19(20)23(24,25)26/h2-13H,14H2,1H3,(H,27,29)(H,28,30). The molecule has 0 fully saturated rings. The van der Waals surface area contributed by atoms with Crippen molar-refractivity contribution in [2.45, 2.75) is 6.18 Å². The summed E-state index contributed by atoms with van der Waals surface area (Å²) in [6.07, 6.45) is -4.59. The maximum Gasteiger partial charge on any atom is 0.419 e. The van der Waals surface area contributed by atoms with E-state index in [0.29, 0.717) is 22.7 Å². The quantitative estimate of drug-likeness (QED) is 0.539. The fourth-order valence-electron chi connectivity index (χ4n) is 2.75. The van der Waals surface area contributed by atoms with Gasteiger partial charge in [-0.2, -0.15) is 13.2 Å². The van der Waals surface area contributed by atoms with Gasteiger partial charge in [-0.1, -0.05) is 12.1 Å². The Labute approximate surface area is 182 Å². The Hall–Kier alpha value is -4.01. The van der Waals surface area contributed by atoms with Crippen LogP contribution in [0.1, 0.15) is 15.9 Å². The summed E-state index contributed by atoms with van der Waals surface area (Å²) in [5.74, 6) is -0.757.